The van der Waals surface area contributed by atoms with Crippen molar-refractivity contribution in [2.24, 2.45) is 11.8 Å². The van der Waals surface area contributed by atoms with Crippen molar-refractivity contribution in [3.63, 3.8) is 0 Å². The van der Waals surface area contributed by atoms with Crippen molar-refractivity contribution in [3.05, 3.63) is 40.9 Å². The Labute approximate surface area is 186 Å². The molecule has 3 heterocycles. The molecule has 0 saturated carbocycles. The molecular weight excluding hydrogens is 446 g/mol. The van der Waals surface area contributed by atoms with E-state index in [1.807, 2.05) is 0 Å². The lowest BCUT2D eigenvalue weighted by molar-refractivity contribution is -0.231. The maximum absolute atomic E-state index is 13.5. The van der Waals surface area contributed by atoms with Gasteiger partial charge in [-0.3, -0.25) is 19.2 Å². The normalized spacial score (nSPS) is 30.1. The van der Waals surface area contributed by atoms with E-state index in [1.54, 1.807) is 13.0 Å². The van der Waals surface area contributed by atoms with Crippen LogP contribution < -0.4 is 4.90 Å². The van der Waals surface area contributed by atoms with E-state index in [1.165, 1.54) is 18.2 Å². The zero-order valence-corrected chi connectivity index (χ0v) is 17.9. The molecule has 10 nitrogen and oxygen atoms in total. The Kier molecular flexibility index (Phi) is 4.90. The first kappa shape index (κ1) is 22.0. The largest absolute Gasteiger partial charge is 0.478 e. The molecule has 3 aliphatic heterocycles. The average Bonchev–Trinajstić information content (AvgIpc) is 3.27. The number of benzene rings is 1. The minimum atomic E-state index is -1.72. The predicted molar refractivity (Wildman–Crippen MR) is 107 cm³/mol. The fourth-order valence-electron chi connectivity index (χ4n) is 4.63. The summed E-state index contributed by atoms with van der Waals surface area (Å²) < 4.78 is 16.4. The third-order valence-corrected chi connectivity index (χ3v) is 6.16. The summed E-state index contributed by atoms with van der Waals surface area (Å²) in [5.74, 6) is -6.42. The van der Waals surface area contributed by atoms with Gasteiger partial charge < -0.3 is 19.3 Å². The smallest absolute Gasteiger partial charge is 0.337 e. The van der Waals surface area contributed by atoms with Crippen molar-refractivity contribution < 1.29 is 43.3 Å². The zero-order valence-electron chi connectivity index (χ0n) is 17.2. The number of fused-ring (bicyclic) bond motifs is 5. The maximum atomic E-state index is 13.5. The zero-order chi connectivity index (χ0) is 23.6. The third-order valence-electron chi connectivity index (χ3n) is 5.83. The molecule has 1 aromatic rings. The van der Waals surface area contributed by atoms with E-state index in [9.17, 15) is 29.1 Å². The number of carboxylic acids is 1. The molecule has 1 N–H and O–H groups in total. The summed E-state index contributed by atoms with van der Waals surface area (Å²) in [7, 11) is 0. The van der Waals surface area contributed by atoms with Crippen molar-refractivity contribution in [1.29, 1.82) is 0 Å². The molecule has 2 bridgehead atoms. The molecular formula is C21H18ClNO9. The molecule has 1 aromatic carbocycles. The van der Waals surface area contributed by atoms with Gasteiger partial charge in [-0.25, -0.2) is 9.69 Å². The quantitative estimate of drug-likeness (QED) is 0.299. The summed E-state index contributed by atoms with van der Waals surface area (Å²) in [6.45, 7) is 3.80. The maximum Gasteiger partial charge on any atom is 0.337 e. The van der Waals surface area contributed by atoms with Gasteiger partial charge in [0.1, 0.15) is 0 Å². The minimum Gasteiger partial charge on any atom is -0.478 e. The van der Waals surface area contributed by atoms with Crippen LogP contribution in [0.5, 0.6) is 0 Å². The first-order chi connectivity index (χ1) is 14.9. The third kappa shape index (κ3) is 3.01. The number of ether oxygens (including phenoxy) is 3. The highest BCUT2D eigenvalue weighted by Crippen LogP contribution is 2.59. The van der Waals surface area contributed by atoms with Crippen LogP contribution in [0.3, 0.4) is 0 Å². The Morgan fingerprint density at radius 1 is 1.09 bits per heavy atom. The Hall–Kier alpha value is -3.24. The molecule has 0 spiro atoms. The SMILES string of the molecule is CC(=O)OC(OC(C)=O)[C@@]12C=C[C@@](C)(O1)[C@H]1C(=O)N(c3ccc(Cl)c(C(=O)O)c3)C(=O)[C@H]12. The van der Waals surface area contributed by atoms with Crippen molar-refractivity contribution in [3.8, 4) is 0 Å². The van der Waals surface area contributed by atoms with Gasteiger partial charge >= 0.3 is 17.9 Å². The van der Waals surface area contributed by atoms with Crippen molar-refractivity contribution in [1.82, 2.24) is 0 Å². The summed E-state index contributed by atoms with van der Waals surface area (Å²) in [6, 6.07) is 3.76. The topological polar surface area (TPSA) is 137 Å². The Bertz CT molecular complexity index is 1100. The first-order valence-corrected chi connectivity index (χ1v) is 9.95. The number of esters is 2. The molecule has 2 fully saturated rings. The van der Waals surface area contributed by atoms with Crippen LogP contribution in [0.2, 0.25) is 5.02 Å². The van der Waals surface area contributed by atoms with Gasteiger partial charge in [-0.1, -0.05) is 17.7 Å². The van der Waals surface area contributed by atoms with Crippen molar-refractivity contribution in [2.45, 2.75) is 38.3 Å². The highest BCUT2D eigenvalue weighted by atomic mass is 35.5. The van der Waals surface area contributed by atoms with Crippen molar-refractivity contribution >= 4 is 47.0 Å². The number of amides is 2. The van der Waals surface area contributed by atoms with E-state index in [4.69, 9.17) is 25.8 Å². The first-order valence-electron chi connectivity index (χ1n) is 9.57. The van der Waals surface area contributed by atoms with Crippen LogP contribution in [0.1, 0.15) is 31.1 Å². The van der Waals surface area contributed by atoms with E-state index < -0.39 is 59.1 Å². The second-order valence-corrected chi connectivity index (χ2v) is 8.37. The summed E-state index contributed by atoms with van der Waals surface area (Å²) in [5.41, 5.74) is -3.23. The molecule has 0 unspecified atom stereocenters. The number of rotatable bonds is 5. The lowest BCUT2D eigenvalue weighted by Gasteiger charge is -2.34. The number of carbonyl (C=O) groups excluding carboxylic acids is 4. The number of anilines is 1. The Morgan fingerprint density at radius 2 is 1.69 bits per heavy atom. The van der Waals surface area contributed by atoms with Crippen LogP contribution in [0.4, 0.5) is 5.69 Å². The number of hydrogen-bond donors (Lipinski definition) is 1. The van der Waals surface area contributed by atoms with Crippen molar-refractivity contribution in [2.75, 3.05) is 4.90 Å². The number of hydrogen-bond acceptors (Lipinski definition) is 8. The summed E-state index contributed by atoms with van der Waals surface area (Å²) in [5, 5.41) is 9.29. The molecule has 3 aliphatic rings. The average molecular weight is 464 g/mol. The number of aromatic carboxylic acids is 1. The van der Waals surface area contributed by atoms with Gasteiger partial charge in [0.25, 0.3) is 6.29 Å². The number of carbonyl (C=O) groups is 5. The standard InChI is InChI=1S/C21H18ClNO9/c1-9(24)30-19(31-10(2)25)21-7-6-20(3,32-21)14-15(21)17(27)23(16(14)26)11-4-5-13(22)12(8-11)18(28)29/h4-8,14-15,19H,1-3H3,(H,28,29)/t14-,15+,20-,21+/m1/s1. The molecule has 4 rings (SSSR count). The summed E-state index contributed by atoms with van der Waals surface area (Å²) in [4.78, 5) is 62.5. The molecule has 32 heavy (non-hydrogen) atoms. The van der Waals surface area contributed by atoms with E-state index in [0.717, 1.165) is 24.8 Å². The van der Waals surface area contributed by atoms with Gasteiger partial charge in [0.15, 0.2) is 5.60 Å². The summed E-state index contributed by atoms with van der Waals surface area (Å²) in [6.07, 6.45) is 1.42. The number of imide groups is 1. The molecule has 0 aliphatic carbocycles. The lowest BCUT2D eigenvalue weighted by Crippen LogP contribution is -2.52. The van der Waals surface area contributed by atoms with Gasteiger partial charge in [0.2, 0.25) is 11.8 Å². The van der Waals surface area contributed by atoms with E-state index in [2.05, 4.69) is 0 Å². The second kappa shape index (κ2) is 7.14. The molecule has 168 valence electrons. The van der Waals surface area contributed by atoms with Crippen LogP contribution in [-0.4, -0.2) is 52.3 Å². The lowest BCUT2D eigenvalue weighted by atomic mass is 9.72. The van der Waals surface area contributed by atoms with Crippen LogP contribution in [-0.2, 0) is 33.4 Å². The Morgan fingerprint density at radius 3 is 2.25 bits per heavy atom. The van der Waals surface area contributed by atoms with Crippen LogP contribution >= 0.6 is 11.6 Å². The monoisotopic (exact) mass is 463 g/mol. The van der Waals surface area contributed by atoms with Gasteiger partial charge in [-0.15, -0.1) is 0 Å². The fourth-order valence-corrected chi connectivity index (χ4v) is 4.83. The second-order valence-electron chi connectivity index (χ2n) is 7.96. The molecule has 0 radical (unpaired) electrons. The number of nitrogens with zero attached hydrogens (tertiary/aromatic N) is 1. The van der Waals surface area contributed by atoms with E-state index in [-0.39, 0.29) is 16.3 Å². The molecule has 2 saturated heterocycles. The number of halogens is 1. The molecule has 11 heteroatoms. The van der Waals surface area contributed by atoms with Crippen LogP contribution in [0.25, 0.3) is 0 Å². The highest BCUT2D eigenvalue weighted by molar-refractivity contribution is 6.34. The number of carboxylic acid groups (broad SMARTS) is 1. The Balaban J connectivity index is 1.80. The predicted octanol–water partition coefficient (Wildman–Crippen LogP) is 1.69. The van der Waals surface area contributed by atoms with E-state index >= 15 is 0 Å². The van der Waals surface area contributed by atoms with Crippen LogP contribution in [0.15, 0.2) is 30.4 Å². The fraction of sp³-hybridized carbons (Fsp3) is 0.381. The van der Waals surface area contributed by atoms with Crippen LogP contribution in [0, 0.1) is 11.8 Å². The highest BCUT2D eigenvalue weighted by Gasteiger charge is 2.76. The van der Waals surface area contributed by atoms with Gasteiger partial charge in [-0.05, 0) is 31.2 Å². The summed E-state index contributed by atoms with van der Waals surface area (Å²) >= 11 is 5.91. The van der Waals surface area contributed by atoms with Gasteiger partial charge in [0.05, 0.1) is 33.7 Å². The molecule has 0 aromatic heterocycles. The molecule has 2 amide bonds. The van der Waals surface area contributed by atoms with Gasteiger partial charge in [-0.2, -0.15) is 0 Å². The minimum absolute atomic E-state index is 0.0193. The van der Waals surface area contributed by atoms with E-state index in [0.29, 0.717) is 0 Å². The van der Waals surface area contributed by atoms with Gasteiger partial charge in [0, 0.05) is 13.8 Å². The molecule has 4 atom stereocenters.